The van der Waals surface area contributed by atoms with Gasteiger partial charge in [0.15, 0.2) is 0 Å². The maximum Gasteiger partial charge on any atom is 0.240 e. The summed E-state index contributed by atoms with van der Waals surface area (Å²) in [6.45, 7) is 1.56. The van der Waals surface area contributed by atoms with Gasteiger partial charge in [0, 0.05) is 31.1 Å². The summed E-state index contributed by atoms with van der Waals surface area (Å²) >= 11 is 0. The van der Waals surface area contributed by atoms with Crippen molar-refractivity contribution < 1.29 is 22.4 Å². The normalized spacial score (nSPS) is 11.2. The van der Waals surface area contributed by atoms with Crippen molar-refractivity contribution in [3.63, 3.8) is 0 Å². The van der Waals surface area contributed by atoms with E-state index in [0.29, 0.717) is 23.7 Å². The first-order valence-corrected chi connectivity index (χ1v) is 10.3. The van der Waals surface area contributed by atoms with Crippen molar-refractivity contribution in [3.05, 3.63) is 60.5 Å². The van der Waals surface area contributed by atoms with Crippen molar-refractivity contribution in [2.45, 2.75) is 18.2 Å². The summed E-state index contributed by atoms with van der Waals surface area (Å²) in [4.78, 5) is 15.5. The van der Waals surface area contributed by atoms with E-state index in [1.807, 2.05) is 24.3 Å². The summed E-state index contributed by atoms with van der Waals surface area (Å²) in [6, 6.07) is 13.2. The fourth-order valence-electron chi connectivity index (χ4n) is 2.61. The summed E-state index contributed by atoms with van der Waals surface area (Å²) in [6.07, 6.45) is 1.89. The number of carbonyl (C=O) groups is 1. The Morgan fingerprint density at radius 2 is 1.79 bits per heavy atom. The maximum absolute atomic E-state index is 12.4. The van der Waals surface area contributed by atoms with Crippen LogP contribution in [0.1, 0.15) is 12.6 Å². The van der Waals surface area contributed by atoms with E-state index < -0.39 is 10.0 Å². The van der Waals surface area contributed by atoms with E-state index in [-0.39, 0.29) is 17.3 Å². The number of oxazole rings is 1. The van der Waals surface area contributed by atoms with Gasteiger partial charge in [-0.05, 0) is 48.5 Å². The van der Waals surface area contributed by atoms with Crippen LogP contribution in [0.25, 0.3) is 11.5 Å². The predicted molar refractivity (Wildman–Crippen MR) is 108 cm³/mol. The topological polar surface area (TPSA) is 111 Å². The lowest BCUT2D eigenvalue weighted by atomic mass is 10.2. The number of nitrogens with one attached hydrogen (secondary N) is 2. The van der Waals surface area contributed by atoms with E-state index in [0.717, 1.165) is 11.3 Å². The molecule has 152 valence electrons. The van der Waals surface area contributed by atoms with Gasteiger partial charge in [0.1, 0.15) is 12.0 Å². The van der Waals surface area contributed by atoms with E-state index in [1.54, 1.807) is 7.11 Å². The molecule has 2 N–H and O–H groups in total. The molecule has 0 fully saturated rings. The monoisotopic (exact) mass is 415 g/mol. The molecule has 8 nitrogen and oxygen atoms in total. The summed E-state index contributed by atoms with van der Waals surface area (Å²) in [5.41, 5.74) is 1.97. The molecule has 2 aromatic carbocycles. The van der Waals surface area contributed by atoms with Crippen molar-refractivity contribution in [1.29, 1.82) is 0 Å². The Balaban J connectivity index is 1.57. The molecule has 0 atom stereocenters. The first kappa shape index (κ1) is 20.6. The molecular weight excluding hydrogens is 394 g/mol. The van der Waals surface area contributed by atoms with Crippen molar-refractivity contribution >= 4 is 21.6 Å². The number of carbonyl (C=O) groups excluding carboxylic acids is 1. The third-order valence-electron chi connectivity index (χ3n) is 4.05. The minimum atomic E-state index is -3.66. The number of sulfonamides is 1. The number of amides is 1. The molecular formula is C20H21N3O5S. The number of hydrogen-bond acceptors (Lipinski definition) is 6. The Labute approximate surface area is 169 Å². The third kappa shape index (κ3) is 5.43. The molecule has 0 aliphatic carbocycles. The number of methoxy groups -OCH3 is 1. The van der Waals surface area contributed by atoms with Crippen LogP contribution in [0.4, 0.5) is 5.69 Å². The fraction of sp³-hybridized carbons (Fsp3) is 0.200. The molecule has 0 aliphatic heterocycles. The Hall–Kier alpha value is -3.17. The lowest BCUT2D eigenvalue weighted by molar-refractivity contribution is -0.114. The average molecular weight is 415 g/mol. The van der Waals surface area contributed by atoms with E-state index in [9.17, 15) is 13.2 Å². The molecule has 0 unspecified atom stereocenters. The van der Waals surface area contributed by atoms with E-state index in [4.69, 9.17) is 9.15 Å². The van der Waals surface area contributed by atoms with Crippen LogP contribution in [0.15, 0.2) is 64.1 Å². The highest BCUT2D eigenvalue weighted by Gasteiger charge is 2.14. The second kappa shape index (κ2) is 8.89. The van der Waals surface area contributed by atoms with E-state index >= 15 is 0 Å². The van der Waals surface area contributed by atoms with E-state index in [2.05, 4.69) is 15.0 Å². The number of anilines is 1. The van der Waals surface area contributed by atoms with Crippen molar-refractivity contribution in [1.82, 2.24) is 9.71 Å². The van der Waals surface area contributed by atoms with Crippen molar-refractivity contribution in [2.24, 2.45) is 0 Å². The van der Waals surface area contributed by atoms with Crippen LogP contribution >= 0.6 is 0 Å². The Morgan fingerprint density at radius 1 is 1.10 bits per heavy atom. The number of rotatable bonds is 8. The van der Waals surface area contributed by atoms with Gasteiger partial charge in [0.25, 0.3) is 0 Å². The standard InChI is InChI=1S/C20H21N3O5S/c1-14(24)22-16-5-9-19(10-6-16)29(25,26)21-12-11-17-13-28-20(23-17)15-3-7-18(27-2)8-4-15/h3-10,13,21H,11-12H2,1-2H3,(H,22,24). The molecule has 3 aromatic rings. The minimum absolute atomic E-state index is 0.116. The summed E-state index contributed by atoms with van der Waals surface area (Å²) < 4.78 is 37.9. The molecule has 3 rings (SSSR count). The highest BCUT2D eigenvalue weighted by molar-refractivity contribution is 7.89. The van der Waals surface area contributed by atoms with Crippen LogP contribution in [0, 0.1) is 0 Å². The lowest BCUT2D eigenvalue weighted by Crippen LogP contribution is -2.26. The first-order chi connectivity index (χ1) is 13.9. The average Bonchev–Trinajstić information content (AvgIpc) is 3.17. The molecule has 29 heavy (non-hydrogen) atoms. The van der Waals surface area contributed by atoms with Gasteiger partial charge in [-0.15, -0.1) is 0 Å². The zero-order valence-electron chi connectivity index (χ0n) is 16.0. The van der Waals surface area contributed by atoms with Crippen molar-refractivity contribution in [3.8, 4) is 17.2 Å². The smallest absolute Gasteiger partial charge is 0.240 e. The summed E-state index contributed by atoms with van der Waals surface area (Å²) in [7, 11) is -2.07. The second-order valence-electron chi connectivity index (χ2n) is 6.23. The van der Waals surface area contributed by atoms with Gasteiger partial charge >= 0.3 is 0 Å². The molecule has 1 heterocycles. The SMILES string of the molecule is COc1ccc(-c2nc(CCNS(=O)(=O)c3ccc(NC(C)=O)cc3)co2)cc1. The Morgan fingerprint density at radius 3 is 2.41 bits per heavy atom. The summed E-state index contributed by atoms with van der Waals surface area (Å²) in [5, 5.41) is 2.59. The molecule has 0 saturated carbocycles. The molecule has 0 aliphatic rings. The first-order valence-electron chi connectivity index (χ1n) is 8.83. The van der Waals surface area contributed by atoms with Gasteiger partial charge in [0.2, 0.25) is 21.8 Å². The molecule has 0 spiro atoms. The Bertz CT molecular complexity index is 1070. The van der Waals surface area contributed by atoms with Gasteiger partial charge in [-0.25, -0.2) is 18.1 Å². The maximum atomic E-state index is 12.4. The second-order valence-corrected chi connectivity index (χ2v) is 7.99. The minimum Gasteiger partial charge on any atom is -0.497 e. The van der Waals surface area contributed by atoms with Gasteiger partial charge in [-0.2, -0.15) is 0 Å². The zero-order chi connectivity index (χ0) is 20.9. The molecule has 9 heteroatoms. The lowest BCUT2D eigenvalue weighted by Gasteiger charge is -2.07. The van der Waals surface area contributed by atoms with Crippen LogP contribution in [0.3, 0.4) is 0 Å². The summed E-state index contributed by atoms with van der Waals surface area (Å²) in [5.74, 6) is 0.972. The van der Waals surface area contributed by atoms with Crippen LogP contribution in [0.2, 0.25) is 0 Å². The largest absolute Gasteiger partial charge is 0.497 e. The van der Waals surface area contributed by atoms with Crippen LogP contribution in [-0.4, -0.2) is 33.0 Å². The van der Waals surface area contributed by atoms with Gasteiger partial charge in [-0.3, -0.25) is 4.79 Å². The molecule has 0 radical (unpaired) electrons. The number of benzene rings is 2. The number of hydrogen-bond donors (Lipinski definition) is 2. The third-order valence-corrected chi connectivity index (χ3v) is 5.52. The fourth-order valence-corrected chi connectivity index (χ4v) is 3.64. The zero-order valence-corrected chi connectivity index (χ0v) is 16.8. The van der Waals surface area contributed by atoms with Gasteiger partial charge in [0.05, 0.1) is 17.7 Å². The highest BCUT2D eigenvalue weighted by atomic mass is 32.2. The molecule has 1 amide bonds. The highest BCUT2D eigenvalue weighted by Crippen LogP contribution is 2.22. The number of aromatic nitrogens is 1. The van der Waals surface area contributed by atoms with Crippen LogP contribution in [-0.2, 0) is 21.2 Å². The number of nitrogens with zero attached hydrogens (tertiary/aromatic N) is 1. The van der Waals surface area contributed by atoms with Gasteiger partial charge < -0.3 is 14.5 Å². The quantitative estimate of drug-likeness (QED) is 0.585. The van der Waals surface area contributed by atoms with Gasteiger partial charge in [-0.1, -0.05) is 0 Å². The van der Waals surface area contributed by atoms with Crippen LogP contribution < -0.4 is 14.8 Å². The van der Waals surface area contributed by atoms with Crippen molar-refractivity contribution in [2.75, 3.05) is 19.0 Å². The van der Waals surface area contributed by atoms with E-state index in [1.165, 1.54) is 37.5 Å². The Kier molecular flexibility index (Phi) is 6.30. The molecule has 0 bridgehead atoms. The number of ether oxygens (including phenoxy) is 1. The molecule has 1 aromatic heterocycles. The predicted octanol–water partition coefficient (Wildman–Crippen LogP) is 2.83. The molecule has 0 saturated heterocycles. The van der Waals surface area contributed by atoms with Crippen LogP contribution in [0.5, 0.6) is 5.75 Å².